The van der Waals surface area contributed by atoms with Gasteiger partial charge in [-0.1, -0.05) is 6.07 Å². The van der Waals surface area contributed by atoms with Crippen LogP contribution in [0, 0.1) is 0 Å². The van der Waals surface area contributed by atoms with Gasteiger partial charge in [-0.15, -0.1) is 0 Å². The summed E-state index contributed by atoms with van der Waals surface area (Å²) in [6.45, 7) is 0.0254. The summed E-state index contributed by atoms with van der Waals surface area (Å²) in [5, 5.41) is 2.52. The van der Waals surface area contributed by atoms with E-state index in [1.807, 2.05) is 0 Å². The van der Waals surface area contributed by atoms with Crippen molar-refractivity contribution in [2.24, 2.45) is 5.73 Å². The maximum absolute atomic E-state index is 11.8. The topological polar surface area (TPSA) is 117 Å². The molecule has 0 radical (unpaired) electrons. The molecule has 22 heavy (non-hydrogen) atoms. The minimum absolute atomic E-state index is 0.201. The van der Waals surface area contributed by atoms with Gasteiger partial charge in [0.1, 0.15) is 5.75 Å². The summed E-state index contributed by atoms with van der Waals surface area (Å²) in [6.07, 6.45) is 0. The molecule has 0 aliphatic heterocycles. The van der Waals surface area contributed by atoms with Crippen LogP contribution in [0.4, 0.5) is 0 Å². The molecular weight excluding hydrogens is 292 g/mol. The molecule has 0 aromatic heterocycles. The fraction of sp³-hybridized carbons (Fsp3) is 0.357. The molecule has 0 aliphatic rings. The van der Waals surface area contributed by atoms with Crippen molar-refractivity contribution in [1.29, 1.82) is 0 Å². The van der Waals surface area contributed by atoms with Gasteiger partial charge in [0.15, 0.2) is 13.2 Å². The summed E-state index contributed by atoms with van der Waals surface area (Å²) < 4.78 is 14.7. The van der Waals surface area contributed by atoms with Crippen LogP contribution in [0.15, 0.2) is 24.3 Å². The lowest BCUT2D eigenvalue weighted by molar-refractivity contribution is -0.124. The van der Waals surface area contributed by atoms with Gasteiger partial charge in [-0.25, -0.2) is 4.79 Å². The number of nitrogens with one attached hydrogen (secondary N) is 1. The molecule has 2 amide bonds. The van der Waals surface area contributed by atoms with Gasteiger partial charge in [0.05, 0.1) is 12.2 Å². The number of benzene rings is 1. The largest absolute Gasteiger partial charge is 0.484 e. The first kappa shape index (κ1) is 17.4. The Morgan fingerprint density at radius 2 is 2.00 bits per heavy atom. The Hall–Kier alpha value is -2.61. The van der Waals surface area contributed by atoms with Crippen molar-refractivity contribution < 1.29 is 28.6 Å². The van der Waals surface area contributed by atoms with Crippen molar-refractivity contribution in [3.8, 4) is 5.75 Å². The average Bonchev–Trinajstić information content (AvgIpc) is 2.51. The zero-order valence-corrected chi connectivity index (χ0v) is 12.2. The lowest BCUT2D eigenvalue weighted by atomic mass is 10.2. The van der Waals surface area contributed by atoms with Crippen molar-refractivity contribution >= 4 is 17.8 Å². The minimum Gasteiger partial charge on any atom is -0.484 e. The van der Waals surface area contributed by atoms with Crippen LogP contribution in [-0.4, -0.2) is 51.3 Å². The third-order valence-corrected chi connectivity index (χ3v) is 2.41. The van der Waals surface area contributed by atoms with Crippen molar-refractivity contribution in [3.63, 3.8) is 0 Å². The van der Waals surface area contributed by atoms with E-state index in [1.165, 1.54) is 19.2 Å². The van der Waals surface area contributed by atoms with E-state index in [1.54, 1.807) is 12.1 Å². The van der Waals surface area contributed by atoms with E-state index in [9.17, 15) is 14.4 Å². The molecule has 1 aromatic carbocycles. The molecule has 3 N–H and O–H groups in total. The highest BCUT2D eigenvalue weighted by Gasteiger charge is 2.11. The normalized spacial score (nSPS) is 9.86. The van der Waals surface area contributed by atoms with Gasteiger partial charge < -0.3 is 25.3 Å². The number of primary amides is 1. The van der Waals surface area contributed by atoms with Crippen molar-refractivity contribution in [3.05, 3.63) is 29.8 Å². The SMILES string of the molecule is COCCNC(=O)COC(=O)c1cccc(OCC(N)=O)c1. The number of nitrogens with two attached hydrogens (primary N) is 1. The van der Waals surface area contributed by atoms with Gasteiger partial charge in [0.25, 0.3) is 11.8 Å². The molecule has 0 saturated carbocycles. The van der Waals surface area contributed by atoms with Crippen LogP contribution < -0.4 is 15.8 Å². The van der Waals surface area contributed by atoms with Crippen LogP contribution in [0.2, 0.25) is 0 Å². The Bertz CT molecular complexity index is 532. The number of ether oxygens (including phenoxy) is 3. The highest BCUT2D eigenvalue weighted by atomic mass is 16.5. The Kier molecular flexibility index (Phi) is 7.41. The van der Waals surface area contributed by atoms with Crippen LogP contribution in [0.1, 0.15) is 10.4 Å². The van der Waals surface area contributed by atoms with Crippen LogP contribution in [-0.2, 0) is 19.1 Å². The summed E-state index contributed by atoms with van der Waals surface area (Å²) in [6, 6.07) is 6.03. The number of carbonyl (C=O) groups is 3. The number of rotatable bonds is 9. The van der Waals surface area contributed by atoms with Gasteiger partial charge in [0, 0.05) is 13.7 Å². The quantitative estimate of drug-likeness (QED) is 0.468. The smallest absolute Gasteiger partial charge is 0.338 e. The number of amides is 2. The number of esters is 1. The van der Waals surface area contributed by atoms with E-state index in [2.05, 4.69) is 5.32 Å². The Labute approximate surface area is 127 Å². The Morgan fingerprint density at radius 3 is 2.68 bits per heavy atom. The molecule has 0 unspecified atom stereocenters. The van der Waals surface area contributed by atoms with Gasteiger partial charge in [-0.2, -0.15) is 0 Å². The summed E-state index contributed by atoms with van der Waals surface area (Å²) in [5.74, 6) is -1.42. The first-order chi connectivity index (χ1) is 10.5. The maximum atomic E-state index is 11.8. The summed E-state index contributed by atoms with van der Waals surface area (Å²) in [4.78, 5) is 33.8. The molecule has 8 heteroatoms. The van der Waals surface area contributed by atoms with Gasteiger partial charge in [0.2, 0.25) is 0 Å². The van der Waals surface area contributed by atoms with E-state index in [0.717, 1.165) is 0 Å². The summed E-state index contributed by atoms with van der Waals surface area (Å²) >= 11 is 0. The maximum Gasteiger partial charge on any atom is 0.338 e. The monoisotopic (exact) mass is 310 g/mol. The summed E-state index contributed by atoms with van der Waals surface area (Å²) in [7, 11) is 1.51. The van der Waals surface area contributed by atoms with E-state index < -0.39 is 24.4 Å². The zero-order chi connectivity index (χ0) is 16.4. The average molecular weight is 310 g/mol. The van der Waals surface area contributed by atoms with Crippen LogP contribution in [0.3, 0.4) is 0 Å². The van der Waals surface area contributed by atoms with Gasteiger partial charge in [-0.05, 0) is 18.2 Å². The Balaban J connectivity index is 2.46. The zero-order valence-electron chi connectivity index (χ0n) is 12.2. The molecule has 1 aromatic rings. The van der Waals surface area contributed by atoms with Crippen LogP contribution in [0.25, 0.3) is 0 Å². The molecule has 0 bridgehead atoms. The predicted molar refractivity (Wildman–Crippen MR) is 76.3 cm³/mol. The lowest BCUT2D eigenvalue weighted by Gasteiger charge is -2.08. The third kappa shape index (κ3) is 6.71. The van der Waals surface area contributed by atoms with Crippen molar-refractivity contribution in [1.82, 2.24) is 5.32 Å². The van der Waals surface area contributed by atoms with Crippen molar-refractivity contribution in [2.75, 3.05) is 33.5 Å². The molecule has 0 aliphatic carbocycles. The number of hydrogen-bond donors (Lipinski definition) is 2. The highest BCUT2D eigenvalue weighted by molar-refractivity contribution is 5.91. The summed E-state index contributed by atoms with van der Waals surface area (Å²) in [5.41, 5.74) is 5.16. The minimum atomic E-state index is -0.675. The van der Waals surface area contributed by atoms with E-state index in [0.29, 0.717) is 18.9 Å². The lowest BCUT2D eigenvalue weighted by Crippen LogP contribution is -2.31. The fourth-order valence-corrected chi connectivity index (χ4v) is 1.43. The second kappa shape index (κ2) is 9.35. The standard InChI is InChI=1S/C14H18N2O6/c1-20-6-5-16-13(18)9-22-14(19)10-3-2-4-11(7-10)21-8-12(15)17/h2-4,7H,5-6,8-9H2,1H3,(H2,15,17)(H,16,18). The van der Waals surface area contributed by atoms with E-state index in [-0.39, 0.29) is 12.2 Å². The van der Waals surface area contributed by atoms with E-state index in [4.69, 9.17) is 19.9 Å². The Morgan fingerprint density at radius 1 is 1.23 bits per heavy atom. The highest BCUT2D eigenvalue weighted by Crippen LogP contribution is 2.14. The number of carbonyl (C=O) groups excluding carboxylic acids is 3. The number of hydrogen-bond acceptors (Lipinski definition) is 6. The van der Waals surface area contributed by atoms with Gasteiger partial charge in [-0.3, -0.25) is 9.59 Å². The molecule has 0 saturated heterocycles. The van der Waals surface area contributed by atoms with Crippen LogP contribution in [0.5, 0.6) is 5.75 Å². The first-order valence-corrected chi connectivity index (χ1v) is 6.47. The van der Waals surface area contributed by atoms with Crippen molar-refractivity contribution in [2.45, 2.75) is 0 Å². The second-order valence-corrected chi connectivity index (χ2v) is 4.20. The van der Waals surface area contributed by atoms with Crippen LogP contribution >= 0.6 is 0 Å². The first-order valence-electron chi connectivity index (χ1n) is 6.47. The molecule has 1 rings (SSSR count). The molecule has 0 heterocycles. The second-order valence-electron chi connectivity index (χ2n) is 4.20. The van der Waals surface area contributed by atoms with Gasteiger partial charge >= 0.3 is 5.97 Å². The van der Waals surface area contributed by atoms with E-state index >= 15 is 0 Å². The molecule has 0 atom stereocenters. The predicted octanol–water partition coefficient (Wildman–Crippen LogP) is -0.530. The molecular formula is C14H18N2O6. The molecule has 120 valence electrons. The third-order valence-electron chi connectivity index (χ3n) is 2.41. The molecule has 8 nitrogen and oxygen atoms in total. The fourth-order valence-electron chi connectivity index (χ4n) is 1.43. The molecule has 0 spiro atoms. The number of methoxy groups -OCH3 is 1. The molecule has 0 fully saturated rings.